The highest BCUT2D eigenvalue weighted by Crippen LogP contribution is 2.49. The average Bonchev–Trinajstić information content (AvgIpc) is 4.01. The molecule has 2 atom stereocenters. The summed E-state index contributed by atoms with van der Waals surface area (Å²) in [6, 6.07) is 75.4. The van der Waals surface area contributed by atoms with Gasteiger partial charge >= 0.3 is 0 Å². The first-order valence-corrected chi connectivity index (χ1v) is 26.3. The molecule has 2 aliphatic carbocycles. The summed E-state index contributed by atoms with van der Waals surface area (Å²) in [5.74, 6) is 3.64. The van der Waals surface area contributed by atoms with E-state index in [1.165, 1.54) is 6.42 Å². The Labute approximate surface area is 440 Å². The number of nitrogens with zero attached hydrogens (tertiary/aromatic N) is 9. The average molecular weight is 986 g/mol. The van der Waals surface area contributed by atoms with E-state index in [-0.39, 0.29) is 0 Å². The summed E-state index contributed by atoms with van der Waals surface area (Å²) in [7, 11) is 0. The first-order valence-electron chi connectivity index (χ1n) is 26.3. The van der Waals surface area contributed by atoms with Gasteiger partial charge in [-0.1, -0.05) is 188 Å². The van der Waals surface area contributed by atoms with Crippen molar-refractivity contribution in [3.8, 4) is 46.0 Å². The lowest BCUT2D eigenvalue weighted by molar-refractivity contribution is 0.953. The highest BCUT2D eigenvalue weighted by Gasteiger charge is 2.35. The van der Waals surface area contributed by atoms with Crippen LogP contribution in [0.25, 0.3) is 139 Å². The van der Waals surface area contributed by atoms with Crippen molar-refractivity contribution >= 4 is 92.8 Å². The van der Waals surface area contributed by atoms with E-state index in [1.807, 2.05) is 48.7 Å². The van der Waals surface area contributed by atoms with Gasteiger partial charge in [0.2, 0.25) is 11.9 Å². The van der Waals surface area contributed by atoms with E-state index in [0.29, 0.717) is 35.4 Å². The molecular formula is C68H43N9. The molecule has 77 heavy (non-hydrogen) atoms. The third-order valence-corrected chi connectivity index (χ3v) is 16.1. The lowest BCUT2D eigenvalue weighted by atomic mass is 10.0. The van der Waals surface area contributed by atoms with Crippen LogP contribution < -0.4 is 0 Å². The first-order chi connectivity index (χ1) is 38.2. The van der Waals surface area contributed by atoms with Crippen LogP contribution in [0.1, 0.15) is 12.1 Å². The highest BCUT2D eigenvalue weighted by atomic mass is 15.2. The molecule has 0 saturated heterocycles. The number of hydrogen-bond acceptors (Lipinski definition) is 5. The minimum Gasteiger partial charge on any atom is -0.305 e. The zero-order valence-electron chi connectivity index (χ0n) is 41.4. The third-order valence-electron chi connectivity index (χ3n) is 16.1. The minimum absolute atomic E-state index is 0.541. The second kappa shape index (κ2) is 16.1. The summed E-state index contributed by atoms with van der Waals surface area (Å²) in [5, 5.41) is 8.98. The standard InChI is InChI=1S/C68H43N9/c1-5-17-41(18-6-1)65-71-66(42-19-7-2-8-20-42)73-68(72-65)77-58-28-16-14-26-49(58)51-32-34-55-53-36-35-52-54-33-31-50-48-25-13-15-27-57(48)76(67-69-38-37-56(70-67)44-30-29-43-39-45(43)40-44)63(50)61(54)74(46-21-9-3-10-22-46)59(52)60(53)75(62(55)64(51)77)47-23-11-4-12-24-47/h1-38,40,43,45H,39H2. The molecule has 9 heteroatoms. The Hall–Kier alpha value is -10.3. The summed E-state index contributed by atoms with van der Waals surface area (Å²) < 4.78 is 9.57. The molecular weight excluding hydrogens is 943 g/mol. The first kappa shape index (κ1) is 42.1. The number of fused-ring (bicyclic) bond motifs is 16. The fourth-order valence-electron chi connectivity index (χ4n) is 12.6. The minimum atomic E-state index is 0.541. The highest BCUT2D eigenvalue weighted by molar-refractivity contribution is 6.31. The second-order valence-corrected chi connectivity index (χ2v) is 20.4. The number of hydrogen-bond donors (Lipinski definition) is 0. The Morgan fingerprint density at radius 3 is 1.23 bits per heavy atom. The molecule has 0 N–H and O–H groups in total. The van der Waals surface area contributed by atoms with Gasteiger partial charge in [0.1, 0.15) is 0 Å². The molecule has 0 radical (unpaired) electrons. The van der Waals surface area contributed by atoms with Gasteiger partial charge in [0.05, 0.1) is 49.8 Å². The summed E-state index contributed by atoms with van der Waals surface area (Å²) in [4.78, 5) is 26.4. The molecule has 2 aliphatic rings. The van der Waals surface area contributed by atoms with Crippen LogP contribution in [-0.2, 0) is 0 Å². The van der Waals surface area contributed by atoms with Gasteiger partial charge in [-0.2, -0.15) is 9.97 Å². The number of allylic oxidation sites excluding steroid dienone is 4. The Bertz CT molecular complexity index is 4950. The van der Waals surface area contributed by atoms with E-state index in [0.717, 1.165) is 121 Å². The van der Waals surface area contributed by atoms with Gasteiger partial charge in [0, 0.05) is 71.8 Å². The smallest absolute Gasteiger partial charge is 0.238 e. The summed E-state index contributed by atoms with van der Waals surface area (Å²) >= 11 is 0. The molecule has 1 saturated carbocycles. The molecule has 17 rings (SSSR count). The Morgan fingerprint density at radius 2 is 0.753 bits per heavy atom. The van der Waals surface area contributed by atoms with E-state index in [1.54, 1.807) is 0 Å². The summed E-state index contributed by atoms with van der Waals surface area (Å²) in [5.41, 5.74) is 14.4. The maximum absolute atomic E-state index is 5.42. The molecule has 6 heterocycles. The van der Waals surface area contributed by atoms with Crippen molar-refractivity contribution in [2.75, 3.05) is 0 Å². The molecule has 0 spiro atoms. The third kappa shape index (κ3) is 6.19. The van der Waals surface area contributed by atoms with Crippen LogP contribution in [0.3, 0.4) is 0 Å². The van der Waals surface area contributed by atoms with Crippen molar-refractivity contribution in [2.24, 2.45) is 11.8 Å². The normalized spacial score (nSPS) is 15.2. The predicted molar refractivity (Wildman–Crippen MR) is 312 cm³/mol. The van der Waals surface area contributed by atoms with E-state index in [2.05, 4.69) is 206 Å². The predicted octanol–water partition coefficient (Wildman–Crippen LogP) is 16.0. The lowest BCUT2D eigenvalue weighted by Gasteiger charge is -2.15. The number of para-hydroxylation sites is 4. The SMILES string of the molecule is C1=CC2CC2C=C1c1ccnc(-n2c3ccccc3c3ccc4c5ccc6c7ccc8c9ccccc9n(-c9nc(-c%10ccccc%10)nc(-c%10ccccc%10)n9)c8c7n(-c7ccccc7)c6c5n(-c5ccccc5)c4c32)n1. The molecule has 360 valence electrons. The number of benzene rings is 9. The molecule has 0 aliphatic heterocycles. The summed E-state index contributed by atoms with van der Waals surface area (Å²) in [6.45, 7) is 0. The fraction of sp³-hybridized carbons (Fsp3) is 0.0441. The van der Waals surface area contributed by atoms with Crippen molar-refractivity contribution in [3.05, 3.63) is 242 Å². The van der Waals surface area contributed by atoms with Crippen molar-refractivity contribution in [1.29, 1.82) is 0 Å². The number of rotatable bonds is 7. The fourth-order valence-corrected chi connectivity index (χ4v) is 12.6. The van der Waals surface area contributed by atoms with Crippen LogP contribution in [-0.4, -0.2) is 43.2 Å². The van der Waals surface area contributed by atoms with E-state index >= 15 is 0 Å². The maximum atomic E-state index is 5.42. The van der Waals surface area contributed by atoms with Crippen LogP contribution in [0.2, 0.25) is 0 Å². The molecule has 2 unspecified atom stereocenters. The van der Waals surface area contributed by atoms with Crippen LogP contribution in [0.15, 0.2) is 237 Å². The quantitative estimate of drug-likeness (QED) is 0.159. The summed E-state index contributed by atoms with van der Waals surface area (Å²) in [6.07, 6.45) is 10.1. The second-order valence-electron chi connectivity index (χ2n) is 20.4. The Morgan fingerprint density at radius 1 is 0.338 bits per heavy atom. The van der Waals surface area contributed by atoms with Crippen LogP contribution in [0, 0.1) is 11.8 Å². The van der Waals surface area contributed by atoms with Crippen molar-refractivity contribution in [1.82, 2.24) is 43.2 Å². The van der Waals surface area contributed by atoms with Gasteiger partial charge < -0.3 is 9.13 Å². The molecule has 0 amide bonds. The van der Waals surface area contributed by atoms with E-state index in [9.17, 15) is 0 Å². The monoisotopic (exact) mass is 985 g/mol. The van der Waals surface area contributed by atoms with Crippen LogP contribution >= 0.6 is 0 Å². The number of aromatic nitrogens is 9. The largest absolute Gasteiger partial charge is 0.305 e. The van der Waals surface area contributed by atoms with Crippen molar-refractivity contribution < 1.29 is 0 Å². The van der Waals surface area contributed by atoms with Gasteiger partial charge in [-0.15, -0.1) is 0 Å². The van der Waals surface area contributed by atoms with Gasteiger partial charge in [-0.3, -0.25) is 9.13 Å². The molecule has 9 aromatic carbocycles. The zero-order valence-corrected chi connectivity index (χ0v) is 41.4. The van der Waals surface area contributed by atoms with Gasteiger partial charge in [0.25, 0.3) is 0 Å². The van der Waals surface area contributed by atoms with Gasteiger partial charge in [-0.05, 0) is 66.3 Å². The van der Waals surface area contributed by atoms with Crippen molar-refractivity contribution in [3.63, 3.8) is 0 Å². The maximum Gasteiger partial charge on any atom is 0.238 e. The van der Waals surface area contributed by atoms with Crippen molar-refractivity contribution in [2.45, 2.75) is 6.42 Å². The Kier molecular flexibility index (Phi) is 8.82. The van der Waals surface area contributed by atoms with E-state index < -0.39 is 0 Å². The molecule has 15 aromatic rings. The molecule has 6 aromatic heterocycles. The topological polar surface area (TPSA) is 84.2 Å². The zero-order chi connectivity index (χ0) is 50.3. The van der Waals surface area contributed by atoms with E-state index in [4.69, 9.17) is 24.9 Å². The van der Waals surface area contributed by atoms with Crippen LogP contribution in [0.4, 0.5) is 0 Å². The van der Waals surface area contributed by atoms with Gasteiger partial charge in [0.15, 0.2) is 11.6 Å². The molecule has 9 nitrogen and oxygen atoms in total. The molecule has 0 bridgehead atoms. The van der Waals surface area contributed by atoms with Crippen LogP contribution in [0.5, 0.6) is 0 Å². The Balaban J connectivity index is 1.04. The van der Waals surface area contributed by atoms with Gasteiger partial charge in [-0.25, -0.2) is 15.0 Å². The lowest BCUT2D eigenvalue weighted by Crippen LogP contribution is -2.07. The molecule has 1 fully saturated rings.